The Labute approximate surface area is 147 Å². The van der Waals surface area contributed by atoms with Gasteiger partial charge < -0.3 is 0 Å². The van der Waals surface area contributed by atoms with Crippen LogP contribution in [0.5, 0.6) is 11.5 Å². The van der Waals surface area contributed by atoms with Crippen molar-refractivity contribution < 1.29 is 27.6 Å². The van der Waals surface area contributed by atoms with Gasteiger partial charge >= 0.3 is 147 Å². The number of carbonyl (C=O) groups is 1. The Morgan fingerprint density at radius 1 is 1.12 bits per heavy atom. The molecule has 0 radical (unpaired) electrons. The summed E-state index contributed by atoms with van der Waals surface area (Å²) in [7, 11) is 0.552. The van der Waals surface area contributed by atoms with Gasteiger partial charge in [-0.1, -0.05) is 0 Å². The van der Waals surface area contributed by atoms with Gasteiger partial charge in [0.2, 0.25) is 0 Å². The average molecular weight is 366 g/mol. The molecule has 1 aromatic rings. The van der Waals surface area contributed by atoms with Gasteiger partial charge in [-0.2, -0.15) is 0 Å². The summed E-state index contributed by atoms with van der Waals surface area (Å²) in [5.41, 5.74) is 0.791. The third kappa shape index (κ3) is 1.99. The number of para-hydroxylation sites is 1. The second-order valence-electron chi connectivity index (χ2n) is 7.48. The SMILES string of the molecule is COc1cccc2c1OP1(OC)(OC)OC3=C(C(=O)CC(C)(C)C3)C21. The van der Waals surface area contributed by atoms with Crippen LogP contribution in [0, 0.1) is 5.41 Å². The van der Waals surface area contributed by atoms with Gasteiger partial charge in [0.1, 0.15) is 0 Å². The van der Waals surface area contributed by atoms with Crippen molar-refractivity contribution in [2.45, 2.75) is 32.3 Å². The standard InChI is InChI=1S/C18H23O6P/c1-18(2)9-12(19)15-14(10-18)23-25(21-4,22-5)17(15)11-7-6-8-13(20-3)16(11)24-25/h6-8,17H,9-10H2,1-5H3. The van der Waals surface area contributed by atoms with E-state index in [9.17, 15) is 4.79 Å². The molecule has 7 heteroatoms. The molecule has 0 spiro atoms. The number of methoxy groups -OCH3 is 1. The number of allylic oxidation sites excluding steroid dienone is 2. The maximum absolute atomic E-state index is 13.0. The predicted octanol–water partition coefficient (Wildman–Crippen LogP) is 4.31. The second kappa shape index (κ2) is 4.97. The van der Waals surface area contributed by atoms with Gasteiger partial charge in [0.15, 0.2) is 0 Å². The molecule has 2 aliphatic heterocycles. The van der Waals surface area contributed by atoms with Crippen molar-refractivity contribution in [1.82, 2.24) is 0 Å². The molecule has 1 unspecified atom stereocenters. The fourth-order valence-electron chi connectivity index (χ4n) is 4.19. The Bertz CT molecular complexity index is 808. The molecule has 0 bridgehead atoms. The van der Waals surface area contributed by atoms with Crippen molar-refractivity contribution >= 4 is 13.3 Å². The average Bonchev–Trinajstić information content (AvgIpc) is 3.01. The van der Waals surface area contributed by atoms with Gasteiger partial charge in [0.05, 0.1) is 0 Å². The Balaban J connectivity index is 1.97. The first-order chi connectivity index (χ1) is 11.8. The Morgan fingerprint density at radius 3 is 2.48 bits per heavy atom. The van der Waals surface area contributed by atoms with Gasteiger partial charge in [-0.25, -0.2) is 0 Å². The molecule has 4 rings (SSSR count). The summed E-state index contributed by atoms with van der Waals surface area (Å²) < 4.78 is 29.8. The van der Waals surface area contributed by atoms with Crippen LogP contribution in [0.3, 0.4) is 0 Å². The van der Waals surface area contributed by atoms with Gasteiger partial charge in [-0.3, -0.25) is 0 Å². The zero-order valence-electron chi connectivity index (χ0n) is 15.1. The van der Waals surface area contributed by atoms with Crippen LogP contribution >= 0.6 is 7.51 Å². The monoisotopic (exact) mass is 366 g/mol. The molecule has 0 fully saturated rings. The Morgan fingerprint density at radius 2 is 1.84 bits per heavy atom. The fraction of sp³-hybridized carbons (Fsp3) is 0.500. The topological polar surface area (TPSA) is 63.2 Å². The summed E-state index contributed by atoms with van der Waals surface area (Å²) in [4.78, 5) is 13.0. The number of rotatable bonds is 3. The summed E-state index contributed by atoms with van der Waals surface area (Å²) in [5, 5.41) is 0. The Hall–Kier alpha value is -1.62. The van der Waals surface area contributed by atoms with Crippen LogP contribution in [0.1, 0.15) is 37.9 Å². The number of hydrogen-bond acceptors (Lipinski definition) is 6. The predicted molar refractivity (Wildman–Crippen MR) is 93.4 cm³/mol. The van der Waals surface area contributed by atoms with Crippen molar-refractivity contribution in [3.05, 3.63) is 35.1 Å². The summed E-state index contributed by atoms with van der Waals surface area (Å²) in [6.45, 7) is 4.12. The van der Waals surface area contributed by atoms with Crippen LogP contribution < -0.4 is 9.26 Å². The molecule has 25 heavy (non-hydrogen) atoms. The number of ketones is 1. The Kier molecular flexibility index (Phi) is 3.34. The van der Waals surface area contributed by atoms with E-state index < -0.39 is 13.2 Å². The first kappa shape index (κ1) is 16.8. The molecule has 2 heterocycles. The van der Waals surface area contributed by atoms with Crippen molar-refractivity contribution in [2.75, 3.05) is 21.3 Å². The van der Waals surface area contributed by atoms with Crippen LogP contribution in [-0.4, -0.2) is 27.1 Å². The normalized spacial score (nSPS) is 28.8. The van der Waals surface area contributed by atoms with Crippen molar-refractivity contribution in [1.29, 1.82) is 0 Å². The number of carbonyl (C=O) groups excluding carboxylic acids is 1. The quantitative estimate of drug-likeness (QED) is 0.743. The van der Waals surface area contributed by atoms with Crippen LogP contribution in [0.2, 0.25) is 0 Å². The maximum atomic E-state index is 13.0. The molecular formula is C18H23O6P. The number of ether oxygens (including phenoxy) is 1. The molecule has 0 N–H and O–H groups in total. The molecule has 0 saturated heterocycles. The van der Waals surface area contributed by atoms with Crippen molar-refractivity contribution in [2.24, 2.45) is 5.41 Å². The van der Waals surface area contributed by atoms with E-state index >= 15 is 0 Å². The number of benzene rings is 1. The molecule has 1 aromatic carbocycles. The molecule has 3 aliphatic rings. The second-order valence-corrected chi connectivity index (χ2v) is 10.8. The van der Waals surface area contributed by atoms with Gasteiger partial charge in [-0.15, -0.1) is 0 Å². The summed E-state index contributed by atoms with van der Waals surface area (Å²) >= 11 is 0. The van der Waals surface area contributed by atoms with Crippen molar-refractivity contribution in [3.8, 4) is 11.5 Å². The van der Waals surface area contributed by atoms with Crippen LogP contribution in [0.15, 0.2) is 29.5 Å². The minimum atomic E-state index is -4.05. The van der Waals surface area contributed by atoms with E-state index in [0.29, 0.717) is 35.7 Å². The zero-order chi connectivity index (χ0) is 18.1. The van der Waals surface area contributed by atoms with Gasteiger partial charge in [0, 0.05) is 0 Å². The molecule has 1 atom stereocenters. The molecule has 0 saturated carbocycles. The number of hydrogen-bond donors (Lipinski definition) is 0. The number of Topliss-reactive ketones (excluding diaryl/α,β-unsaturated/α-hetero) is 1. The molecule has 0 aromatic heterocycles. The van der Waals surface area contributed by atoms with Gasteiger partial charge in [-0.05, 0) is 0 Å². The first-order valence-electron chi connectivity index (χ1n) is 8.27. The fourth-order valence-corrected chi connectivity index (χ4v) is 7.75. The minimum absolute atomic E-state index is 0.0659. The van der Waals surface area contributed by atoms with E-state index in [1.807, 2.05) is 12.1 Å². The summed E-state index contributed by atoms with van der Waals surface area (Å²) in [6, 6.07) is 5.60. The van der Waals surface area contributed by atoms with Gasteiger partial charge in [0.25, 0.3) is 0 Å². The molecule has 136 valence electrons. The molecule has 0 amide bonds. The summed E-state index contributed by atoms with van der Waals surface area (Å²) in [5.74, 6) is 1.80. The number of fused-ring (bicyclic) bond motifs is 4. The van der Waals surface area contributed by atoms with E-state index in [2.05, 4.69) is 13.8 Å². The van der Waals surface area contributed by atoms with E-state index in [0.717, 1.165) is 5.56 Å². The molecule has 6 nitrogen and oxygen atoms in total. The van der Waals surface area contributed by atoms with Crippen LogP contribution in [0.4, 0.5) is 0 Å². The van der Waals surface area contributed by atoms with E-state index in [1.165, 1.54) is 14.2 Å². The molecule has 1 aliphatic carbocycles. The van der Waals surface area contributed by atoms with Crippen LogP contribution in [-0.2, 0) is 18.4 Å². The van der Waals surface area contributed by atoms with E-state index in [-0.39, 0.29) is 11.2 Å². The summed E-state index contributed by atoms with van der Waals surface area (Å²) in [6.07, 6.45) is 1.11. The third-order valence-electron chi connectivity index (χ3n) is 5.29. The van der Waals surface area contributed by atoms with E-state index in [1.54, 1.807) is 13.2 Å². The van der Waals surface area contributed by atoms with Crippen molar-refractivity contribution in [3.63, 3.8) is 0 Å². The zero-order valence-corrected chi connectivity index (χ0v) is 16.0. The van der Waals surface area contributed by atoms with Crippen LogP contribution in [0.25, 0.3) is 0 Å². The van der Waals surface area contributed by atoms with E-state index in [4.69, 9.17) is 22.8 Å². The first-order valence-corrected chi connectivity index (χ1v) is 10.2. The third-order valence-corrected chi connectivity index (χ3v) is 9.04. The molecular weight excluding hydrogens is 343 g/mol.